The molecule has 6 aromatic rings. The van der Waals surface area contributed by atoms with Crippen LogP contribution in [0.25, 0.3) is 33.3 Å². The van der Waals surface area contributed by atoms with Crippen molar-refractivity contribution < 1.29 is 106 Å². The fourth-order valence-electron chi connectivity index (χ4n) is 18.6. The standard InChI is InChI=1S/C48H58ClF2N4O8PS.C40H52F4N6O9S/c1-28(2)52-47-54-38(27-65-47)37-22-42(33-18-19-41(61-3)44(49)45(33)53-37)62-32-21-39-40(56)24-48(64(59,60)26-34-35(50)16-11-17-36(34)51)23-30(48)13-8-6-4-5-7-12-29(46(58)55(39)25-32)20-43(57)63-31-14-9-10-15-31;1-7-22-27-19-50(28(22)32(51)48-39(18-23(39)31(41)42)35(53)49-60(55,56)38(5)14-15-38)34(52)30(37(2,3)4)47-36(54)59-26-16-20(26)10-8-9-13-40(43,44)29-33(58-27)46-25-17-21(57-6)11-12-24(25)45-29/h11,16-19,22,27-32,39H,4-10,12-15,20-21,23-26H2,1-3H3,(H,52,54)(H,59,60);11-12,17,20,22-23,26-28,30-31H,7-10,13-16,18-19H2,1-6H3,(H,47,54)(H,48,51)(H,49,53)/t29-,30-,32-,39+,48-;20-,22-,23+,26-,27+,28+,30-,39-/m11/s1. The molecule has 15 rings (SSSR count). The fourth-order valence-corrected chi connectivity index (χ4v) is 23.7. The lowest BCUT2D eigenvalue weighted by Gasteiger charge is -2.36. The Balaban J connectivity index is 0.000000204. The molecule has 7 heterocycles. The number of sulfonamides is 1. The molecule has 5 N–H and O–H groups in total. The van der Waals surface area contributed by atoms with E-state index < -0.39 is 195 Å². The van der Waals surface area contributed by atoms with Gasteiger partial charge < -0.3 is 59.1 Å². The number of fused-ring (bicyclic) bond motifs is 8. The number of ketones is 1. The average molecular weight is 1820 g/mol. The van der Waals surface area contributed by atoms with E-state index in [-0.39, 0.29) is 104 Å². The lowest BCUT2D eigenvalue weighted by atomic mass is 9.85. The second-order valence-electron chi connectivity index (χ2n) is 36.9. The number of alkyl halides is 4. The molecule has 9 aliphatic rings. The van der Waals surface area contributed by atoms with Crippen LogP contribution in [0.15, 0.2) is 60.0 Å². The minimum absolute atomic E-state index is 0.0146. The zero-order chi connectivity index (χ0) is 89.8. The van der Waals surface area contributed by atoms with E-state index >= 15 is 17.6 Å². The van der Waals surface area contributed by atoms with Crippen molar-refractivity contribution in [3.63, 3.8) is 0 Å². The predicted molar refractivity (Wildman–Crippen MR) is 453 cm³/mol. The molecular weight excluding hydrogens is 1710 g/mol. The van der Waals surface area contributed by atoms with Crippen molar-refractivity contribution in [3.8, 4) is 34.5 Å². The SMILES string of the molecule is CC[C@@H]1[C@@H]2CN(C(=O)[C@H](C(C)(C)C)NC(=O)O[C@@H]3C[C@H]3CCCCC(F)(F)c3nc4ccc(OC)cc4nc3O2)[C@@H]1C(=O)N[C@]1(C(=O)NS(=O)(=O)C2(C)CC2)C[C@H]1C(F)F.COc1ccc2c(O[C@@H]3C[C@H]4C(=O)C[C@]5(P(=O)(O)Cc6c(F)cccc6F)C[C@H]5CCCCCCC[C@H](CC(=O)OC5CCCC5)C(=O)N4C3)cc(-c3csc(NC(C)C)n3)nc2c1Cl. The van der Waals surface area contributed by atoms with Gasteiger partial charge in [0, 0.05) is 65.6 Å². The molecule has 27 nitrogen and oxygen atoms in total. The Hall–Kier alpha value is -8.66. The Bertz CT molecular complexity index is 5260. The molecule has 1 unspecified atom stereocenters. The highest BCUT2D eigenvalue weighted by Crippen LogP contribution is 2.75. The number of carbonyl (C=O) groups is 7. The average Bonchev–Trinajstić information content (AvgIpc) is 1.55. The van der Waals surface area contributed by atoms with Gasteiger partial charge in [-0.25, -0.2) is 50.7 Å². The monoisotopic (exact) mass is 1820 g/mol. The predicted octanol–water partition coefficient (Wildman–Crippen LogP) is 15.8. The van der Waals surface area contributed by atoms with Crippen molar-refractivity contribution in [2.75, 3.05) is 32.6 Å². The number of nitrogens with zero attached hydrogens (tertiary/aromatic N) is 6. The molecule has 3 aromatic carbocycles. The summed E-state index contributed by atoms with van der Waals surface area (Å²) in [5.41, 5.74) is -2.86. The third-order valence-corrected chi connectivity index (χ3v) is 32.6. The first-order valence-corrected chi connectivity index (χ1v) is 48.0. The largest absolute Gasteiger partial charge is 0.497 e. The van der Waals surface area contributed by atoms with Crippen LogP contribution in [-0.2, 0) is 64.9 Å². The Labute approximate surface area is 731 Å². The number of amides is 5. The summed E-state index contributed by atoms with van der Waals surface area (Å²) < 4.78 is 168. The van der Waals surface area contributed by atoms with Crippen LogP contribution in [0.2, 0.25) is 5.02 Å². The molecule has 3 aromatic heterocycles. The summed E-state index contributed by atoms with van der Waals surface area (Å²) in [6.07, 6.45) is 1.73. The maximum absolute atomic E-state index is 16.3. The number of Topliss-reactive ketones (excluding diaryl/α,β-unsaturated/α-hetero) is 1. The van der Waals surface area contributed by atoms with Crippen molar-refractivity contribution in [3.05, 3.63) is 87.9 Å². The third-order valence-electron chi connectivity index (χ3n) is 26.5. The van der Waals surface area contributed by atoms with Crippen LogP contribution in [-0.4, -0.2) is 182 Å². The third kappa shape index (κ3) is 20.0. The first-order chi connectivity index (χ1) is 59.2. The van der Waals surface area contributed by atoms with E-state index in [4.69, 9.17) is 50.0 Å². The number of carbonyl (C=O) groups excluding carboxylic acids is 7. The number of rotatable bonds is 20. The molecule has 2 bridgehead atoms. The summed E-state index contributed by atoms with van der Waals surface area (Å²) >= 11 is 8.31. The van der Waals surface area contributed by atoms with Crippen molar-refractivity contribution in [1.82, 2.24) is 45.1 Å². The maximum Gasteiger partial charge on any atom is 0.408 e. The molecule has 680 valence electrons. The topological polar surface area (TPSA) is 352 Å². The van der Waals surface area contributed by atoms with Gasteiger partial charge in [-0.3, -0.25) is 38.1 Å². The number of halogens is 7. The molecule has 4 aliphatic heterocycles. The van der Waals surface area contributed by atoms with Gasteiger partial charge in [-0.05, 0) is 164 Å². The summed E-state index contributed by atoms with van der Waals surface area (Å²) in [5, 5.41) is 10.4. The van der Waals surface area contributed by atoms with Crippen LogP contribution in [0.1, 0.15) is 214 Å². The zero-order valence-electron chi connectivity index (χ0n) is 71.5. The quantitative estimate of drug-likeness (QED) is 0.0269. The van der Waals surface area contributed by atoms with E-state index in [1.807, 2.05) is 23.9 Å². The molecular formula is C88H110ClF6N10O17PS2. The first-order valence-electron chi connectivity index (χ1n) is 43.4. The van der Waals surface area contributed by atoms with Crippen LogP contribution < -0.4 is 39.6 Å². The molecule has 5 saturated carbocycles. The van der Waals surface area contributed by atoms with E-state index in [0.717, 1.165) is 68.4 Å². The first kappa shape index (κ1) is 92.5. The number of alkyl carbamates (subject to hydrolysis) is 1. The van der Waals surface area contributed by atoms with E-state index in [0.29, 0.717) is 83.2 Å². The van der Waals surface area contributed by atoms with E-state index in [1.54, 1.807) is 52.0 Å². The molecule has 8 fully saturated rings. The molecule has 5 amide bonds. The summed E-state index contributed by atoms with van der Waals surface area (Å²) in [7, 11) is -5.82. The van der Waals surface area contributed by atoms with Gasteiger partial charge in [0.05, 0.1) is 84.0 Å². The highest BCUT2D eigenvalue weighted by molar-refractivity contribution is 7.91. The zero-order valence-corrected chi connectivity index (χ0v) is 74.8. The minimum Gasteiger partial charge on any atom is -0.497 e. The molecule has 0 radical (unpaired) electrons. The second kappa shape index (κ2) is 36.8. The number of aromatic nitrogens is 4. The summed E-state index contributed by atoms with van der Waals surface area (Å²) in [6, 6.07) is 9.22. The van der Waals surface area contributed by atoms with E-state index in [9.17, 15) is 60.2 Å². The van der Waals surface area contributed by atoms with Gasteiger partial charge in [-0.15, -0.1) is 11.3 Å². The number of pyridine rings is 1. The highest BCUT2D eigenvalue weighted by Gasteiger charge is 2.69. The normalized spacial score (nSPS) is 28.2. The Morgan fingerprint density at radius 3 is 2.17 bits per heavy atom. The lowest BCUT2D eigenvalue weighted by molar-refractivity contribution is -0.154. The van der Waals surface area contributed by atoms with Crippen molar-refractivity contribution in [2.45, 2.75) is 285 Å². The minimum atomic E-state index is -4.44. The van der Waals surface area contributed by atoms with Gasteiger partial charge in [0.25, 0.3) is 11.8 Å². The smallest absolute Gasteiger partial charge is 0.408 e. The van der Waals surface area contributed by atoms with Crippen molar-refractivity contribution >= 4 is 109 Å². The number of hydrogen-bond acceptors (Lipinski definition) is 22. The molecule has 5 aliphatic carbocycles. The van der Waals surface area contributed by atoms with Crippen LogP contribution in [0, 0.1) is 46.6 Å². The number of esters is 1. The van der Waals surface area contributed by atoms with E-state index in [2.05, 4.69) is 25.9 Å². The molecule has 125 heavy (non-hydrogen) atoms. The number of methoxy groups -OCH3 is 2. The van der Waals surface area contributed by atoms with Crippen LogP contribution in [0.3, 0.4) is 0 Å². The number of thiazole rings is 1. The van der Waals surface area contributed by atoms with Crippen molar-refractivity contribution in [1.29, 1.82) is 0 Å². The van der Waals surface area contributed by atoms with Crippen molar-refractivity contribution in [2.24, 2.45) is 35.0 Å². The van der Waals surface area contributed by atoms with Gasteiger partial charge in [-0.1, -0.05) is 83.9 Å². The lowest BCUT2D eigenvalue weighted by Crippen LogP contribution is -2.61. The van der Waals surface area contributed by atoms with Crippen LogP contribution >= 0.6 is 30.3 Å². The van der Waals surface area contributed by atoms with Gasteiger partial charge >= 0.3 is 12.1 Å². The summed E-state index contributed by atoms with van der Waals surface area (Å²) in [4.78, 5) is 133. The number of hydrogen-bond donors (Lipinski definition) is 5. The number of ether oxygens (including phenoxy) is 6. The second-order valence-corrected chi connectivity index (χ2v) is 42.9. The maximum atomic E-state index is 16.3. The number of nitrogens with one attached hydrogen (secondary N) is 4. The molecule has 37 heteroatoms. The Morgan fingerprint density at radius 1 is 0.792 bits per heavy atom. The van der Waals surface area contributed by atoms with Gasteiger partial charge in [0.2, 0.25) is 47.4 Å². The summed E-state index contributed by atoms with van der Waals surface area (Å²) in [6.45, 7) is 11.6. The summed E-state index contributed by atoms with van der Waals surface area (Å²) in [5.74, 6) is -13.2. The molecule has 3 saturated heterocycles. The van der Waals surface area contributed by atoms with Gasteiger partial charge in [0.15, 0.2) is 16.6 Å². The number of anilines is 1. The number of benzene rings is 3. The Kier molecular flexibility index (Phi) is 27.3. The van der Waals surface area contributed by atoms with Gasteiger partial charge in [0.1, 0.15) is 81.6 Å². The molecule has 14 atom stereocenters. The molecule has 0 spiro atoms. The Morgan fingerprint density at radius 2 is 1.50 bits per heavy atom. The van der Waals surface area contributed by atoms with Crippen LogP contribution in [0.4, 0.5) is 36.3 Å². The van der Waals surface area contributed by atoms with E-state index in [1.165, 1.54) is 55.6 Å². The van der Waals surface area contributed by atoms with Crippen LogP contribution in [0.5, 0.6) is 23.1 Å². The van der Waals surface area contributed by atoms with Gasteiger partial charge in [-0.2, -0.15) is 8.78 Å². The fraction of sp³-hybridized carbons (Fsp3) is 0.625. The highest BCUT2D eigenvalue weighted by atomic mass is 35.5.